The number of Topliss-reactive ketones (excluding diaryl/α,β-unsaturated/α-hetero) is 1. The van der Waals surface area contributed by atoms with Crippen molar-refractivity contribution in [1.82, 2.24) is 24.5 Å². The van der Waals surface area contributed by atoms with E-state index in [4.69, 9.17) is 4.74 Å². The number of amides is 1. The predicted octanol–water partition coefficient (Wildman–Crippen LogP) is 2.67. The quantitative estimate of drug-likeness (QED) is 0.481. The molecule has 0 radical (unpaired) electrons. The highest BCUT2D eigenvalue weighted by Gasteiger charge is 2.59. The van der Waals surface area contributed by atoms with Crippen LogP contribution in [0, 0.1) is 5.92 Å². The van der Waals surface area contributed by atoms with Gasteiger partial charge in [-0.15, -0.1) is 0 Å². The molecule has 7 atom stereocenters. The van der Waals surface area contributed by atoms with Gasteiger partial charge in [0.2, 0.25) is 0 Å². The fraction of sp³-hybridized carbons (Fsp3) is 0.875. The highest BCUT2D eigenvalue weighted by molar-refractivity contribution is 6.20. The summed E-state index contributed by atoms with van der Waals surface area (Å²) in [4.78, 5) is 39.6. The van der Waals surface area contributed by atoms with Crippen LogP contribution in [0.15, 0.2) is 11.8 Å². The summed E-state index contributed by atoms with van der Waals surface area (Å²) in [5.74, 6) is -0.797. The molecule has 4 saturated heterocycles. The van der Waals surface area contributed by atoms with Crippen molar-refractivity contribution in [1.29, 1.82) is 0 Å². The van der Waals surface area contributed by atoms with E-state index in [2.05, 4.69) is 33.4 Å². The number of hydrogen-bond acceptors (Lipinski definition) is 7. The second-order valence-electron chi connectivity index (χ2n) is 14.1. The van der Waals surface area contributed by atoms with E-state index >= 15 is 4.39 Å². The number of rotatable bonds is 4. The molecule has 0 spiro atoms. The van der Waals surface area contributed by atoms with Crippen LogP contribution in [0.1, 0.15) is 71.6 Å². The van der Waals surface area contributed by atoms with Crippen LogP contribution < -0.4 is 0 Å². The first-order valence-electron chi connectivity index (χ1n) is 16.7. The highest BCUT2D eigenvalue weighted by Crippen LogP contribution is 2.47. The van der Waals surface area contributed by atoms with E-state index in [0.717, 1.165) is 64.7 Å². The van der Waals surface area contributed by atoms with Crippen LogP contribution in [0.2, 0.25) is 0 Å². The van der Waals surface area contributed by atoms with Crippen molar-refractivity contribution < 1.29 is 18.7 Å². The van der Waals surface area contributed by atoms with Gasteiger partial charge in [-0.1, -0.05) is 12.8 Å². The fourth-order valence-corrected chi connectivity index (χ4v) is 9.41. The molecule has 0 aromatic heterocycles. The smallest absolute Gasteiger partial charge is 0.258 e. The minimum absolute atomic E-state index is 0.0346. The number of piperidine rings is 1. The van der Waals surface area contributed by atoms with E-state index in [1.807, 2.05) is 11.1 Å². The van der Waals surface area contributed by atoms with Crippen LogP contribution in [0.4, 0.5) is 4.39 Å². The Morgan fingerprint density at radius 3 is 2.29 bits per heavy atom. The van der Waals surface area contributed by atoms with Crippen LogP contribution in [0.25, 0.3) is 0 Å². The number of alkyl halides is 1. The van der Waals surface area contributed by atoms with Crippen LogP contribution >= 0.6 is 0 Å². The molecule has 2 saturated carbocycles. The Labute approximate surface area is 245 Å². The van der Waals surface area contributed by atoms with Crippen molar-refractivity contribution in [2.75, 3.05) is 52.4 Å². The third kappa shape index (κ3) is 5.06. The Kier molecular flexibility index (Phi) is 7.93. The van der Waals surface area contributed by atoms with Gasteiger partial charge in [-0.25, -0.2) is 4.39 Å². The molecule has 9 heteroatoms. The predicted molar refractivity (Wildman–Crippen MR) is 155 cm³/mol. The van der Waals surface area contributed by atoms with E-state index in [-0.39, 0.29) is 48.4 Å². The molecular formula is C32H50FN5O3. The number of morpholine rings is 1. The Balaban J connectivity index is 1.13. The summed E-state index contributed by atoms with van der Waals surface area (Å²) in [5.41, 5.74) is 0.298. The molecule has 0 bridgehead atoms. The average molecular weight is 572 g/mol. The number of piperazine rings is 1. The van der Waals surface area contributed by atoms with Crippen molar-refractivity contribution >= 4 is 11.7 Å². The number of halogens is 1. The van der Waals surface area contributed by atoms with Gasteiger partial charge < -0.3 is 19.4 Å². The van der Waals surface area contributed by atoms with Crippen molar-refractivity contribution in [3.8, 4) is 0 Å². The molecule has 0 aromatic rings. The Morgan fingerprint density at radius 2 is 1.59 bits per heavy atom. The second-order valence-corrected chi connectivity index (χ2v) is 14.1. The van der Waals surface area contributed by atoms with Crippen molar-refractivity contribution in [2.24, 2.45) is 5.92 Å². The minimum Gasteiger partial charge on any atom is -0.369 e. The van der Waals surface area contributed by atoms with Gasteiger partial charge in [-0.2, -0.15) is 0 Å². The highest BCUT2D eigenvalue weighted by atomic mass is 19.1. The number of ketones is 1. The summed E-state index contributed by atoms with van der Waals surface area (Å²) in [5, 5.41) is 0. The fourth-order valence-electron chi connectivity index (χ4n) is 9.41. The average Bonchev–Trinajstić information content (AvgIpc) is 3.53. The molecule has 7 rings (SSSR count). The second kappa shape index (κ2) is 11.5. The van der Waals surface area contributed by atoms with Gasteiger partial charge >= 0.3 is 0 Å². The molecule has 0 N–H and O–H groups in total. The molecule has 6 fully saturated rings. The molecule has 228 valence electrons. The number of hydrogen-bond donors (Lipinski definition) is 0. The molecule has 1 amide bonds. The SMILES string of the molecule is CC(C)N1CCN(C2C(F)CC3C(=O)C(C(=O)N4CCC(N5CCCC5)CC4)=CN4C5CCCCC5OC2C34)CC1. The maximum atomic E-state index is 16.3. The number of carbonyl (C=O) groups is 2. The molecule has 0 aromatic carbocycles. The molecule has 2 aliphatic carbocycles. The van der Waals surface area contributed by atoms with Gasteiger partial charge in [0.05, 0.1) is 35.9 Å². The lowest BCUT2D eigenvalue weighted by atomic mass is 9.69. The van der Waals surface area contributed by atoms with Crippen molar-refractivity contribution in [3.63, 3.8) is 0 Å². The van der Waals surface area contributed by atoms with Gasteiger partial charge in [0.1, 0.15) is 6.17 Å². The number of fused-ring (bicyclic) bond motifs is 2. The first-order chi connectivity index (χ1) is 19.9. The van der Waals surface area contributed by atoms with Crippen LogP contribution in [-0.2, 0) is 14.3 Å². The number of nitrogens with zero attached hydrogens (tertiary/aromatic N) is 5. The molecule has 41 heavy (non-hydrogen) atoms. The number of carbonyl (C=O) groups excluding carboxylic acids is 2. The lowest BCUT2D eigenvalue weighted by Gasteiger charge is -2.60. The van der Waals surface area contributed by atoms with E-state index in [1.54, 1.807) is 0 Å². The Bertz CT molecular complexity index is 1020. The standard InChI is InChI=1S/C32H50FN5O3/c1-21(2)34-15-17-36(18-16-34)29-25(33)19-23-28-31(29)41-27-8-4-3-7-26(27)38(28)20-24(30(23)39)32(40)37-13-9-22(10-14-37)35-11-5-6-12-35/h20-23,25-29,31H,3-19H2,1-2H3. The third-order valence-corrected chi connectivity index (χ3v) is 11.7. The number of likely N-dealkylation sites (tertiary alicyclic amines) is 2. The van der Waals surface area contributed by atoms with Gasteiger partial charge in [0.15, 0.2) is 5.78 Å². The van der Waals surface area contributed by atoms with Gasteiger partial charge in [0, 0.05) is 63.5 Å². The number of ether oxygens (including phenoxy) is 1. The first kappa shape index (κ1) is 28.2. The summed E-state index contributed by atoms with van der Waals surface area (Å²) in [7, 11) is 0. The normalized spacial score (nSPS) is 39.6. The third-order valence-electron chi connectivity index (χ3n) is 11.7. The Morgan fingerprint density at radius 1 is 0.878 bits per heavy atom. The topological polar surface area (TPSA) is 59.6 Å². The molecule has 7 aliphatic rings. The zero-order valence-electron chi connectivity index (χ0n) is 25.1. The largest absolute Gasteiger partial charge is 0.369 e. The first-order valence-corrected chi connectivity index (χ1v) is 16.7. The monoisotopic (exact) mass is 571 g/mol. The van der Waals surface area contributed by atoms with Crippen LogP contribution in [0.5, 0.6) is 0 Å². The summed E-state index contributed by atoms with van der Waals surface area (Å²) >= 11 is 0. The molecule has 5 aliphatic heterocycles. The van der Waals surface area contributed by atoms with Gasteiger partial charge in [0.25, 0.3) is 5.91 Å². The van der Waals surface area contributed by atoms with Gasteiger partial charge in [-0.05, 0) is 71.9 Å². The summed E-state index contributed by atoms with van der Waals surface area (Å²) in [6.07, 6.45) is 9.38. The van der Waals surface area contributed by atoms with Crippen LogP contribution in [-0.4, -0.2) is 137 Å². The van der Waals surface area contributed by atoms with Gasteiger partial charge in [-0.3, -0.25) is 19.4 Å². The van der Waals surface area contributed by atoms with E-state index < -0.39 is 12.1 Å². The molecule has 8 nitrogen and oxygen atoms in total. The molecular weight excluding hydrogens is 521 g/mol. The summed E-state index contributed by atoms with van der Waals surface area (Å²) in [6, 6.07) is 0.689. The Hall–Kier alpha value is -1.55. The lowest BCUT2D eigenvalue weighted by Crippen LogP contribution is -2.74. The van der Waals surface area contributed by atoms with Crippen molar-refractivity contribution in [3.05, 3.63) is 11.8 Å². The summed E-state index contributed by atoms with van der Waals surface area (Å²) < 4.78 is 23.1. The lowest BCUT2D eigenvalue weighted by molar-refractivity contribution is -0.213. The van der Waals surface area contributed by atoms with E-state index in [9.17, 15) is 9.59 Å². The van der Waals surface area contributed by atoms with E-state index in [0.29, 0.717) is 30.7 Å². The summed E-state index contributed by atoms with van der Waals surface area (Å²) in [6.45, 7) is 11.7. The van der Waals surface area contributed by atoms with Crippen LogP contribution in [0.3, 0.4) is 0 Å². The van der Waals surface area contributed by atoms with Crippen molar-refractivity contribution in [2.45, 2.75) is 120 Å². The zero-order valence-corrected chi connectivity index (χ0v) is 25.1. The molecule has 5 heterocycles. The zero-order chi connectivity index (χ0) is 28.2. The maximum Gasteiger partial charge on any atom is 0.258 e. The maximum absolute atomic E-state index is 16.3. The molecule has 7 unspecified atom stereocenters. The minimum atomic E-state index is -1.14. The van der Waals surface area contributed by atoms with E-state index in [1.165, 1.54) is 25.9 Å².